The summed E-state index contributed by atoms with van der Waals surface area (Å²) in [5, 5.41) is 16.0. The lowest BCUT2D eigenvalue weighted by atomic mass is 10.0. The lowest BCUT2D eigenvalue weighted by Gasteiger charge is -2.17. The van der Waals surface area contributed by atoms with Gasteiger partial charge in [-0.15, -0.1) is 0 Å². The molecule has 0 radical (unpaired) electrons. The van der Waals surface area contributed by atoms with Gasteiger partial charge >= 0.3 is 12.1 Å². The van der Waals surface area contributed by atoms with E-state index in [-0.39, 0.29) is 19.1 Å². The summed E-state index contributed by atoms with van der Waals surface area (Å²) in [5.74, 6) is -0.892. The monoisotopic (exact) mass is 359 g/mol. The molecule has 0 aliphatic heterocycles. The van der Waals surface area contributed by atoms with Gasteiger partial charge in [0, 0.05) is 25.2 Å². The molecule has 0 spiro atoms. The van der Waals surface area contributed by atoms with Crippen molar-refractivity contribution in [2.45, 2.75) is 51.8 Å². The van der Waals surface area contributed by atoms with Crippen LogP contribution >= 0.6 is 0 Å². The van der Waals surface area contributed by atoms with E-state index in [2.05, 4.69) is 17.3 Å². The zero-order chi connectivity index (χ0) is 18.8. The first-order valence-electron chi connectivity index (χ1n) is 8.77. The average molecular weight is 359 g/mol. The number of nitrogens with one attached hydrogen (secondary N) is 1. The maximum absolute atomic E-state index is 12.1. The Morgan fingerprint density at radius 1 is 1.27 bits per heavy atom. The summed E-state index contributed by atoms with van der Waals surface area (Å²) in [5.41, 5.74) is 1.85. The van der Waals surface area contributed by atoms with Gasteiger partial charge in [0.1, 0.15) is 6.61 Å². The highest BCUT2D eigenvalue weighted by Gasteiger charge is 2.16. The lowest BCUT2D eigenvalue weighted by Crippen LogP contribution is -2.37. The van der Waals surface area contributed by atoms with E-state index in [9.17, 15) is 9.59 Å². The van der Waals surface area contributed by atoms with E-state index in [0.717, 1.165) is 24.1 Å². The number of hydrogen-bond donors (Lipinski definition) is 2. The second kappa shape index (κ2) is 10.2. The van der Waals surface area contributed by atoms with Gasteiger partial charge in [0.15, 0.2) is 0 Å². The average Bonchev–Trinajstić information content (AvgIpc) is 3.06. The van der Waals surface area contributed by atoms with E-state index in [1.165, 1.54) is 0 Å². The number of amides is 1. The Morgan fingerprint density at radius 3 is 2.73 bits per heavy atom. The molecule has 1 atom stereocenters. The number of carboxylic acid groups (broad SMARTS) is 1. The highest BCUT2D eigenvalue weighted by atomic mass is 16.5. The summed E-state index contributed by atoms with van der Waals surface area (Å²) in [6.45, 7) is 3.07. The number of aromatic nitrogens is 2. The molecule has 1 unspecified atom stereocenters. The zero-order valence-corrected chi connectivity index (χ0v) is 14.9. The van der Waals surface area contributed by atoms with Crippen LogP contribution in [0.5, 0.6) is 0 Å². The van der Waals surface area contributed by atoms with Crippen LogP contribution in [0.4, 0.5) is 4.79 Å². The van der Waals surface area contributed by atoms with Crippen molar-refractivity contribution in [1.29, 1.82) is 0 Å². The van der Waals surface area contributed by atoms with Gasteiger partial charge in [0.25, 0.3) is 0 Å². The molecule has 0 fully saturated rings. The molecule has 0 aliphatic rings. The van der Waals surface area contributed by atoms with E-state index < -0.39 is 12.1 Å². The molecule has 2 aromatic rings. The molecule has 140 valence electrons. The van der Waals surface area contributed by atoms with Crippen LogP contribution in [-0.4, -0.2) is 33.0 Å². The van der Waals surface area contributed by atoms with Gasteiger partial charge < -0.3 is 15.2 Å². The van der Waals surface area contributed by atoms with Gasteiger partial charge in [0.05, 0.1) is 6.20 Å². The molecule has 1 amide bonds. The molecular weight excluding hydrogens is 334 g/mol. The summed E-state index contributed by atoms with van der Waals surface area (Å²) in [6.07, 6.45) is 4.92. The van der Waals surface area contributed by atoms with E-state index in [1.807, 2.05) is 41.2 Å². The van der Waals surface area contributed by atoms with Crippen molar-refractivity contribution in [2.75, 3.05) is 0 Å². The van der Waals surface area contributed by atoms with Crippen molar-refractivity contribution >= 4 is 12.1 Å². The maximum atomic E-state index is 12.1. The zero-order valence-electron chi connectivity index (χ0n) is 14.9. The summed E-state index contributed by atoms with van der Waals surface area (Å²) < 4.78 is 7.07. The Morgan fingerprint density at radius 2 is 2.04 bits per heavy atom. The topological polar surface area (TPSA) is 93.5 Å². The fourth-order valence-electron chi connectivity index (χ4n) is 2.60. The number of alkyl carbamates (subject to hydrolysis) is 1. The van der Waals surface area contributed by atoms with E-state index in [4.69, 9.17) is 9.84 Å². The normalized spacial score (nSPS) is 11.7. The number of hydrogen-bond acceptors (Lipinski definition) is 4. The van der Waals surface area contributed by atoms with Gasteiger partial charge in [-0.1, -0.05) is 37.3 Å². The number of rotatable bonds is 10. The van der Waals surface area contributed by atoms with Gasteiger partial charge in [0.2, 0.25) is 0 Å². The lowest BCUT2D eigenvalue weighted by molar-refractivity contribution is -0.137. The van der Waals surface area contributed by atoms with Crippen molar-refractivity contribution in [3.05, 3.63) is 53.9 Å². The van der Waals surface area contributed by atoms with Crippen molar-refractivity contribution < 1.29 is 19.4 Å². The van der Waals surface area contributed by atoms with Crippen molar-refractivity contribution in [3.8, 4) is 0 Å². The number of ether oxygens (including phenoxy) is 1. The third-order valence-corrected chi connectivity index (χ3v) is 3.86. The standard InChI is InChI=1S/C19H25N3O4/c1-2-10-22-13-16(12-20-22)11-17(8-9-18(23)24)21-19(25)26-14-15-6-4-3-5-7-15/h3-7,12-13,17H,2,8-11,14H2,1H3,(H,21,25)(H,23,24). The third kappa shape index (κ3) is 6.96. The predicted molar refractivity (Wildman–Crippen MR) is 96.6 cm³/mol. The molecule has 1 aromatic carbocycles. The number of aliphatic carboxylic acids is 1. The van der Waals surface area contributed by atoms with E-state index in [0.29, 0.717) is 12.8 Å². The molecule has 2 N–H and O–H groups in total. The first kappa shape index (κ1) is 19.5. The fourth-order valence-corrected chi connectivity index (χ4v) is 2.60. The number of carbonyl (C=O) groups is 2. The molecular formula is C19H25N3O4. The SMILES string of the molecule is CCCn1cc(CC(CCC(=O)O)NC(=O)OCc2ccccc2)cn1. The van der Waals surface area contributed by atoms with Gasteiger partial charge in [-0.2, -0.15) is 5.10 Å². The Kier molecular flexibility index (Phi) is 7.67. The molecule has 0 aliphatic carbocycles. The Bertz CT molecular complexity index is 700. The van der Waals surface area contributed by atoms with Crippen LogP contribution in [0.3, 0.4) is 0 Å². The molecule has 1 aromatic heterocycles. The van der Waals surface area contributed by atoms with Crippen LogP contribution in [0.15, 0.2) is 42.7 Å². The van der Waals surface area contributed by atoms with Crippen LogP contribution < -0.4 is 5.32 Å². The van der Waals surface area contributed by atoms with Gasteiger partial charge in [-0.25, -0.2) is 4.79 Å². The largest absolute Gasteiger partial charge is 0.481 e. The highest BCUT2D eigenvalue weighted by Crippen LogP contribution is 2.09. The first-order valence-corrected chi connectivity index (χ1v) is 8.77. The predicted octanol–water partition coefficient (Wildman–Crippen LogP) is 3.00. The van der Waals surface area contributed by atoms with Gasteiger partial charge in [-0.05, 0) is 30.4 Å². The first-order chi connectivity index (χ1) is 12.6. The number of aryl methyl sites for hydroxylation is 1. The number of carbonyl (C=O) groups excluding carboxylic acids is 1. The maximum Gasteiger partial charge on any atom is 0.407 e. The minimum absolute atomic E-state index is 0.0211. The van der Waals surface area contributed by atoms with Gasteiger partial charge in [-0.3, -0.25) is 9.48 Å². The molecule has 26 heavy (non-hydrogen) atoms. The second-order valence-corrected chi connectivity index (χ2v) is 6.15. The van der Waals surface area contributed by atoms with E-state index >= 15 is 0 Å². The number of carboxylic acids is 1. The van der Waals surface area contributed by atoms with Crippen LogP contribution in [0, 0.1) is 0 Å². The van der Waals surface area contributed by atoms with Crippen molar-refractivity contribution in [1.82, 2.24) is 15.1 Å². The Hall–Kier alpha value is -2.83. The quantitative estimate of drug-likeness (QED) is 0.680. The second-order valence-electron chi connectivity index (χ2n) is 6.15. The van der Waals surface area contributed by atoms with Crippen LogP contribution in [0.1, 0.15) is 37.3 Å². The van der Waals surface area contributed by atoms with Crippen molar-refractivity contribution in [2.24, 2.45) is 0 Å². The summed E-state index contributed by atoms with van der Waals surface area (Å²) in [7, 11) is 0. The van der Waals surface area contributed by atoms with Crippen LogP contribution in [-0.2, 0) is 29.1 Å². The third-order valence-electron chi connectivity index (χ3n) is 3.86. The number of nitrogens with zero attached hydrogens (tertiary/aromatic N) is 2. The molecule has 0 saturated carbocycles. The van der Waals surface area contributed by atoms with Crippen LogP contribution in [0.25, 0.3) is 0 Å². The van der Waals surface area contributed by atoms with Crippen molar-refractivity contribution in [3.63, 3.8) is 0 Å². The molecule has 0 saturated heterocycles. The molecule has 0 bridgehead atoms. The Balaban J connectivity index is 1.89. The summed E-state index contributed by atoms with van der Waals surface area (Å²) in [4.78, 5) is 22.9. The summed E-state index contributed by atoms with van der Waals surface area (Å²) >= 11 is 0. The fraction of sp³-hybridized carbons (Fsp3) is 0.421. The minimum atomic E-state index is -0.892. The minimum Gasteiger partial charge on any atom is -0.481 e. The highest BCUT2D eigenvalue weighted by molar-refractivity contribution is 5.68. The Labute approximate surface area is 153 Å². The summed E-state index contributed by atoms with van der Waals surface area (Å²) in [6, 6.07) is 9.06. The molecule has 7 nitrogen and oxygen atoms in total. The van der Waals surface area contributed by atoms with Crippen LogP contribution in [0.2, 0.25) is 0 Å². The molecule has 2 rings (SSSR count). The smallest absolute Gasteiger partial charge is 0.407 e. The molecule has 7 heteroatoms. The number of benzene rings is 1. The van der Waals surface area contributed by atoms with E-state index in [1.54, 1.807) is 6.20 Å². The molecule has 1 heterocycles.